The van der Waals surface area contributed by atoms with E-state index >= 15 is 0 Å². The van der Waals surface area contributed by atoms with Crippen LogP contribution in [-0.2, 0) is 6.42 Å². The zero-order chi connectivity index (χ0) is 16.9. The largest absolute Gasteiger partial charge is 0.493 e. The number of hydrogen-bond acceptors (Lipinski definition) is 3. The number of carbonyl (C=O) groups is 1. The number of halogens is 1. The Morgan fingerprint density at radius 3 is 2.96 bits per heavy atom. The number of anilines is 1. The summed E-state index contributed by atoms with van der Waals surface area (Å²) in [5.41, 5.74) is 2.33. The van der Waals surface area contributed by atoms with Gasteiger partial charge in [0.1, 0.15) is 5.65 Å². The molecule has 0 spiro atoms. The number of nitrogens with zero attached hydrogens (tertiary/aromatic N) is 2. The second-order valence-corrected chi connectivity index (χ2v) is 5.56. The molecule has 0 aliphatic heterocycles. The Bertz CT molecular complexity index is 830. The van der Waals surface area contributed by atoms with E-state index in [9.17, 15) is 4.79 Å². The van der Waals surface area contributed by atoms with Crippen molar-refractivity contribution >= 4 is 29.0 Å². The number of aromatic nitrogens is 2. The van der Waals surface area contributed by atoms with Crippen molar-refractivity contribution in [2.45, 2.75) is 6.42 Å². The fraction of sp³-hybridized carbons (Fsp3) is 0.176. The highest BCUT2D eigenvalue weighted by atomic mass is 35.5. The highest BCUT2D eigenvalue weighted by molar-refractivity contribution is 6.32. The molecule has 2 amide bonds. The van der Waals surface area contributed by atoms with Crippen molar-refractivity contribution in [1.82, 2.24) is 14.7 Å². The molecule has 0 fully saturated rings. The summed E-state index contributed by atoms with van der Waals surface area (Å²) in [4.78, 5) is 16.5. The second kappa shape index (κ2) is 7.23. The predicted molar refractivity (Wildman–Crippen MR) is 93.9 cm³/mol. The highest BCUT2D eigenvalue weighted by Crippen LogP contribution is 2.32. The third-order valence-electron chi connectivity index (χ3n) is 3.50. The van der Waals surface area contributed by atoms with E-state index in [0.29, 0.717) is 29.4 Å². The summed E-state index contributed by atoms with van der Waals surface area (Å²) in [6.07, 6.45) is 4.54. The van der Waals surface area contributed by atoms with Crippen LogP contribution in [-0.4, -0.2) is 29.1 Å². The first kappa shape index (κ1) is 16.1. The summed E-state index contributed by atoms with van der Waals surface area (Å²) in [6, 6.07) is 10.7. The predicted octanol–water partition coefficient (Wildman–Crippen LogP) is 3.36. The Morgan fingerprint density at radius 1 is 1.29 bits per heavy atom. The molecule has 0 radical (unpaired) electrons. The zero-order valence-electron chi connectivity index (χ0n) is 13.1. The third kappa shape index (κ3) is 3.60. The van der Waals surface area contributed by atoms with Gasteiger partial charge in [0.25, 0.3) is 0 Å². The van der Waals surface area contributed by atoms with Crippen molar-refractivity contribution in [2.75, 3.05) is 19.0 Å². The maximum atomic E-state index is 12.0. The lowest BCUT2D eigenvalue weighted by Crippen LogP contribution is -2.30. The number of pyridine rings is 1. The van der Waals surface area contributed by atoms with Gasteiger partial charge in [-0.15, -0.1) is 0 Å². The molecule has 0 unspecified atom stereocenters. The van der Waals surface area contributed by atoms with Gasteiger partial charge < -0.3 is 19.8 Å². The number of ether oxygens (including phenoxy) is 1. The minimum absolute atomic E-state index is 0.320. The number of nitrogens with one attached hydrogen (secondary N) is 2. The maximum Gasteiger partial charge on any atom is 0.319 e. The fourth-order valence-corrected chi connectivity index (χ4v) is 2.64. The quantitative estimate of drug-likeness (QED) is 0.745. The molecule has 2 heterocycles. The molecule has 2 aromatic heterocycles. The summed E-state index contributed by atoms with van der Waals surface area (Å²) in [5, 5.41) is 5.97. The Hall–Kier alpha value is -2.73. The van der Waals surface area contributed by atoms with Crippen LogP contribution < -0.4 is 15.4 Å². The molecule has 1 aromatic carbocycles. The lowest BCUT2D eigenvalue weighted by molar-refractivity contribution is 0.252. The molecule has 3 rings (SSSR count). The number of para-hydroxylation sites is 1. The summed E-state index contributed by atoms with van der Waals surface area (Å²) in [5.74, 6) is 0.440. The average Bonchev–Trinajstić information content (AvgIpc) is 2.98. The number of benzene rings is 1. The minimum atomic E-state index is -0.320. The number of urea groups is 1. The van der Waals surface area contributed by atoms with Gasteiger partial charge >= 0.3 is 6.03 Å². The monoisotopic (exact) mass is 344 g/mol. The van der Waals surface area contributed by atoms with E-state index in [1.54, 1.807) is 18.2 Å². The van der Waals surface area contributed by atoms with Crippen LogP contribution in [0.5, 0.6) is 5.75 Å². The van der Waals surface area contributed by atoms with Gasteiger partial charge in [0.2, 0.25) is 0 Å². The van der Waals surface area contributed by atoms with E-state index in [1.807, 2.05) is 35.0 Å². The Labute approximate surface area is 144 Å². The number of carbonyl (C=O) groups excluding carboxylic acids is 1. The number of amides is 2. The van der Waals surface area contributed by atoms with Gasteiger partial charge in [-0.05, 0) is 24.3 Å². The number of hydrogen-bond donors (Lipinski definition) is 2. The summed E-state index contributed by atoms with van der Waals surface area (Å²) in [6.45, 7) is 0.471. The normalized spacial score (nSPS) is 10.6. The maximum absolute atomic E-state index is 12.0. The van der Waals surface area contributed by atoms with Gasteiger partial charge in [-0.3, -0.25) is 0 Å². The first-order chi connectivity index (χ1) is 11.7. The molecular formula is C17H17ClN4O2. The zero-order valence-corrected chi connectivity index (χ0v) is 13.9. The lowest BCUT2D eigenvalue weighted by Gasteiger charge is -2.11. The summed E-state index contributed by atoms with van der Waals surface area (Å²) >= 11 is 6.03. The van der Waals surface area contributed by atoms with E-state index in [0.717, 1.165) is 11.3 Å². The van der Waals surface area contributed by atoms with Gasteiger partial charge in [-0.2, -0.15) is 0 Å². The van der Waals surface area contributed by atoms with Crippen LogP contribution in [0.1, 0.15) is 5.69 Å². The summed E-state index contributed by atoms with van der Waals surface area (Å²) in [7, 11) is 1.51. The van der Waals surface area contributed by atoms with Crippen LogP contribution in [0, 0.1) is 0 Å². The number of fused-ring (bicyclic) bond motifs is 1. The Kier molecular flexibility index (Phi) is 4.86. The van der Waals surface area contributed by atoms with Crippen LogP contribution in [0.3, 0.4) is 0 Å². The third-order valence-corrected chi connectivity index (χ3v) is 3.80. The van der Waals surface area contributed by atoms with Gasteiger partial charge in [0, 0.05) is 25.4 Å². The first-order valence-corrected chi connectivity index (χ1v) is 7.85. The molecule has 0 aliphatic rings. The number of imidazole rings is 1. The van der Waals surface area contributed by atoms with E-state index in [-0.39, 0.29) is 6.03 Å². The van der Waals surface area contributed by atoms with Crippen molar-refractivity contribution in [1.29, 1.82) is 0 Å². The molecule has 0 bridgehead atoms. The van der Waals surface area contributed by atoms with E-state index < -0.39 is 0 Å². The standard InChI is InChI=1S/C17H17ClN4O2/c1-24-16-13(18)5-4-6-14(16)21-17(23)19-9-8-12-11-22-10-3-2-7-15(22)20-12/h2-7,10-11H,8-9H2,1H3,(H2,19,21,23). The second-order valence-electron chi connectivity index (χ2n) is 5.15. The van der Waals surface area contributed by atoms with Gasteiger partial charge in [0.05, 0.1) is 23.5 Å². The molecule has 0 saturated heterocycles. The van der Waals surface area contributed by atoms with Gasteiger partial charge in [-0.25, -0.2) is 9.78 Å². The topological polar surface area (TPSA) is 67.7 Å². The van der Waals surface area contributed by atoms with E-state index in [2.05, 4.69) is 15.6 Å². The van der Waals surface area contributed by atoms with Gasteiger partial charge in [-0.1, -0.05) is 23.7 Å². The highest BCUT2D eigenvalue weighted by Gasteiger charge is 2.10. The van der Waals surface area contributed by atoms with Crippen LogP contribution in [0.2, 0.25) is 5.02 Å². The molecule has 6 nitrogen and oxygen atoms in total. The molecule has 0 atom stereocenters. The minimum Gasteiger partial charge on any atom is -0.493 e. The molecule has 7 heteroatoms. The van der Waals surface area contributed by atoms with E-state index in [4.69, 9.17) is 16.3 Å². The van der Waals surface area contributed by atoms with Crippen LogP contribution in [0.15, 0.2) is 48.8 Å². The fourth-order valence-electron chi connectivity index (χ4n) is 2.39. The molecule has 2 N–H and O–H groups in total. The smallest absolute Gasteiger partial charge is 0.319 e. The van der Waals surface area contributed by atoms with Crippen molar-refractivity contribution in [3.8, 4) is 5.75 Å². The Morgan fingerprint density at radius 2 is 2.17 bits per heavy atom. The van der Waals surface area contributed by atoms with Gasteiger partial charge in [0.15, 0.2) is 5.75 Å². The molecular weight excluding hydrogens is 328 g/mol. The SMILES string of the molecule is COc1c(Cl)cccc1NC(=O)NCCc1cn2ccccc2n1. The summed E-state index contributed by atoms with van der Waals surface area (Å²) < 4.78 is 7.15. The molecule has 3 aromatic rings. The molecule has 124 valence electrons. The van der Waals surface area contributed by atoms with Crippen LogP contribution in [0.4, 0.5) is 10.5 Å². The van der Waals surface area contributed by atoms with Crippen molar-refractivity contribution in [2.24, 2.45) is 0 Å². The van der Waals surface area contributed by atoms with E-state index in [1.165, 1.54) is 7.11 Å². The van der Waals surface area contributed by atoms with Crippen LogP contribution >= 0.6 is 11.6 Å². The molecule has 0 aliphatic carbocycles. The van der Waals surface area contributed by atoms with Crippen LogP contribution in [0.25, 0.3) is 5.65 Å². The lowest BCUT2D eigenvalue weighted by atomic mass is 10.3. The van der Waals surface area contributed by atoms with Crippen molar-refractivity contribution in [3.05, 3.63) is 59.5 Å². The first-order valence-electron chi connectivity index (χ1n) is 7.47. The Balaban J connectivity index is 1.55. The molecule has 0 saturated carbocycles. The average molecular weight is 345 g/mol. The number of rotatable bonds is 5. The molecule has 24 heavy (non-hydrogen) atoms. The van der Waals surface area contributed by atoms with Crippen molar-refractivity contribution < 1.29 is 9.53 Å². The van der Waals surface area contributed by atoms with Crippen molar-refractivity contribution in [3.63, 3.8) is 0 Å². The number of methoxy groups -OCH3 is 1.